The third kappa shape index (κ3) is 3.81. The molecule has 0 bridgehead atoms. The second-order valence-electron chi connectivity index (χ2n) is 4.55. The molecule has 0 amide bonds. The molecule has 0 unspecified atom stereocenters. The van der Waals surface area contributed by atoms with Gasteiger partial charge in [0.25, 0.3) is 0 Å². The Morgan fingerprint density at radius 2 is 1.90 bits per heavy atom. The molecule has 0 aliphatic rings. The van der Waals surface area contributed by atoms with Crippen LogP contribution in [0.1, 0.15) is 18.1 Å². The minimum Gasteiger partial charge on any atom is -0.332 e. The highest BCUT2D eigenvalue weighted by Crippen LogP contribution is 2.21. The minimum atomic E-state index is 0.604. The van der Waals surface area contributed by atoms with Crippen LogP contribution in [0.15, 0.2) is 46.9 Å². The van der Waals surface area contributed by atoms with E-state index in [2.05, 4.69) is 52.5 Å². The molecule has 0 atom stereocenters. The number of halogens is 1. The maximum Gasteiger partial charge on any atom is 0.175 e. The molecule has 0 spiro atoms. The van der Waals surface area contributed by atoms with Crippen LogP contribution in [-0.2, 0) is 6.42 Å². The van der Waals surface area contributed by atoms with E-state index in [4.69, 9.17) is 12.2 Å². The zero-order valence-electron chi connectivity index (χ0n) is 11.5. The summed E-state index contributed by atoms with van der Waals surface area (Å²) in [6.07, 6.45) is 0.975. The van der Waals surface area contributed by atoms with Crippen LogP contribution in [0.3, 0.4) is 0 Å². The van der Waals surface area contributed by atoms with Gasteiger partial charge < -0.3 is 10.6 Å². The van der Waals surface area contributed by atoms with Gasteiger partial charge >= 0.3 is 0 Å². The average Bonchev–Trinajstić information content (AvgIpc) is 2.43. The summed E-state index contributed by atoms with van der Waals surface area (Å²) in [6.45, 7) is 4.19. The van der Waals surface area contributed by atoms with Gasteiger partial charge in [-0.25, -0.2) is 0 Å². The van der Waals surface area contributed by atoms with Crippen molar-refractivity contribution in [1.29, 1.82) is 0 Å². The molecule has 20 heavy (non-hydrogen) atoms. The summed E-state index contributed by atoms with van der Waals surface area (Å²) >= 11 is 8.86. The molecule has 0 saturated carbocycles. The fourth-order valence-electron chi connectivity index (χ4n) is 1.96. The normalized spacial score (nSPS) is 10.2. The van der Waals surface area contributed by atoms with Crippen molar-refractivity contribution in [2.75, 3.05) is 10.6 Å². The van der Waals surface area contributed by atoms with Crippen molar-refractivity contribution in [3.05, 3.63) is 58.1 Å². The largest absolute Gasteiger partial charge is 0.332 e. The molecular formula is C16H17BrN2S. The quantitative estimate of drug-likeness (QED) is 0.752. The highest BCUT2D eigenvalue weighted by atomic mass is 79.9. The van der Waals surface area contributed by atoms with Gasteiger partial charge in [0.2, 0.25) is 0 Å². The van der Waals surface area contributed by atoms with Gasteiger partial charge in [-0.15, -0.1) is 0 Å². The molecule has 0 saturated heterocycles. The first-order valence-electron chi connectivity index (χ1n) is 6.52. The van der Waals surface area contributed by atoms with Gasteiger partial charge in [-0.3, -0.25) is 0 Å². The van der Waals surface area contributed by atoms with Crippen LogP contribution in [0.2, 0.25) is 0 Å². The number of rotatable bonds is 3. The third-order valence-corrected chi connectivity index (χ3v) is 4.16. The summed E-state index contributed by atoms with van der Waals surface area (Å²) in [5, 5.41) is 7.07. The number of anilines is 2. The molecule has 0 aliphatic carbocycles. The molecule has 2 aromatic rings. The van der Waals surface area contributed by atoms with E-state index in [9.17, 15) is 0 Å². The van der Waals surface area contributed by atoms with Crippen LogP contribution < -0.4 is 10.6 Å². The fourth-order valence-corrected chi connectivity index (χ4v) is 2.43. The first-order valence-corrected chi connectivity index (χ1v) is 7.72. The smallest absolute Gasteiger partial charge is 0.175 e. The summed E-state index contributed by atoms with van der Waals surface area (Å²) in [5.41, 5.74) is 4.47. The van der Waals surface area contributed by atoms with E-state index in [1.807, 2.05) is 30.3 Å². The lowest BCUT2D eigenvalue weighted by Crippen LogP contribution is -2.19. The summed E-state index contributed by atoms with van der Waals surface area (Å²) in [6, 6.07) is 14.3. The maximum atomic E-state index is 5.37. The van der Waals surface area contributed by atoms with Crippen LogP contribution in [0.5, 0.6) is 0 Å². The summed E-state index contributed by atoms with van der Waals surface area (Å²) in [4.78, 5) is 0. The Kier molecular flexibility index (Phi) is 5.15. The van der Waals surface area contributed by atoms with Crippen LogP contribution in [-0.4, -0.2) is 5.11 Å². The third-order valence-electron chi connectivity index (χ3n) is 3.06. The zero-order valence-corrected chi connectivity index (χ0v) is 13.9. The second-order valence-corrected chi connectivity index (χ2v) is 5.82. The predicted molar refractivity (Wildman–Crippen MR) is 94.5 cm³/mol. The molecule has 0 aliphatic heterocycles. The molecular weight excluding hydrogens is 332 g/mol. The molecule has 2 aromatic carbocycles. The first kappa shape index (κ1) is 15.0. The van der Waals surface area contributed by atoms with Crippen LogP contribution in [0, 0.1) is 6.92 Å². The van der Waals surface area contributed by atoms with Gasteiger partial charge in [-0.05, 0) is 61.0 Å². The lowest BCUT2D eigenvalue weighted by Gasteiger charge is -2.14. The van der Waals surface area contributed by atoms with E-state index >= 15 is 0 Å². The molecule has 2 rings (SSSR count). The van der Waals surface area contributed by atoms with E-state index in [0.717, 1.165) is 22.3 Å². The maximum absolute atomic E-state index is 5.37. The highest BCUT2D eigenvalue weighted by molar-refractivity contribution is 9.10. The van der Waals surface area contributed by atoms with E-state index in [-0.39, 0.29) is 0 Å². The highest BCUT2D eigenvalue weighted by Gasteiger charge is 2.03. The van der Waals surface area contributed by atoms with Crippen molar-refractivity contribution in [3.63, 3.8) is 0 Å². The van der Waals surface area contributed by atoms with Crippen LogP contribution in [0.25, 0.3) is 0 Å². The number of hydrogen-bond acceptors (Lipinski definition) is 1. The van der Waals surface area contributed by atoms with Crippen molar-refractivity contribution in [2.24, 2.45) is 0 Å². The summed E-state index contributed by atoms with van der Waals surface area (Å²) < 4.78 is 1.10. The first-order chi connectivity index (χ1) is 9.60. The molecule has 0 heterocycles. The lowest BCUT2D eigenvalue weighted by atomic mass is 10.1. The second kappa shape index (κ2) is 6.86. The monoisotopic (exact) mass is 348 g/mol. The van der Waals surface area contributed by atoms with E-state index in [1.165, 1.54) is 11.1 Å². The Morgan fingerprint density at radius 1 is 1.15 bits per heavy atom. The topological polar surface area (TPSA) is 24.1 Å². The molecule has 2 nitrogen and oxygen atoms in total. The van der Waals surface area contributed by atoms with Crippen LogP contribution in [0.4, 0.5) is 11.4 Å². The van der Waals surface area contributed by atoms with Crippen LogP contribution >= 0.6 is 28.1 Å². The zero-order chi connectivity index (χ0) is 14.5. The number of aryl methyl sites for hydroxylation is 2. The summed E-state index contributed by atoms with van der Waals surface area (Å²) in [5.74, 6) is 0. The van der Waals surface area contributed by atoms with E-state index < -0.39 is 0 Å². The average molecular weight is 349 g/mol. The summed E-state index contributed by atoms with van der Waals surface area (Å²) in [7, 11) is 0. The van der Waals surface area contributed by atoms with Gasteiger partial charge in [0.05, 0.1) is 0 Å². The van der Waals surface area contributed by atoms with Gasteiger partial charge in [0.1, 0.15) is 0 Å². The molecule has 2 N–H and O–H groups in total. The van der Waals surface area contributed by atoms with Gasteiger partial charge in [0.15, 0.2) is 5.11 Å². The van der Waals surface area contributed by atoms with Crippen molar-refractivity contribution in [1.82, 2.24) is 0 Å². The molecule has 0 radical (unpaired) electrons. The fraction of sp³-hybridized carbons (Fsp3) is 0.188. The number of nitrogens with one attached hydrogen (secondary N) is 2. The number of para-hydroxylation sites is 1. The Bertz CT molecular complexity index is 626. The Balaban J connectivity index is 2.07. The Labute approximate surface area is 133 Å². The van der Waals surface area contributed by atoms with Crippen molar-refractivity contribution in [2.45, 2.75) is 20.3 Å². The van der Waals surface area contributed by atoms with Gasteiger partial charge in [-0.1, -0.05) is 41.1 Å². The van der Waals surface area contributed by atoms with Crippen molar-refractivity contribution in [3.8, 4) is 0 Å². The van der Waals surface area contributed by atoms with Gasteiger partial charge in [0, 0.05) is 15.8 Å². The predicted octanol–water partition coefficient (Wildman–Crippen LogP) is 5.13. The van der Waals surface area contributed by atoms with Crippen molar-refractivity contribution < 1.29 is 0 Å². The minimum absolute atomic E-state index is 0.604. The molecule has 104 valence electrons. The SMILES string of the molecule is CCc1ccccc1NC(=S)Nc1ccc(Br)c(C)c1. The van der Waals surface area contributed by atoms with E-state index in [0.29, 0.717) is 5.11 Å². The van der Waals surface area contributed by atoms with Gasteiger partial charge in [-0.2, -0.15) is 0 Å². The van der Waals surface area contributed by atoms with Crippen molar-refractivity contribution >= 4 is 44.6 Å². The lowest BCUT2D eigenvalue weighted by molar-refractivity contribution is 1.14. The number of thiocarbonyl (C=S) groups is 1. The Morgan fingerprint density at radius 3 is 2.60 bits per heavy atom. The molecule has 0 fully saturated rings. The number of benzene rings is 2. The Hall–Kier alpha value is -1.39. The molecule has 0 aromatic heterocycles. The standard InChI is InChI=1S/C16H17BrN2S/c1-3-12-6-4-5-7-15(12)19-16(20)18-13-8-9-14(17)11(2)10-13/h4-10H,3H2,1-2H3,(H2,18,19,20). The molecule has 4 heteroatoms. The van der Waals surface area contributed by atoms with E-state index in [1.54, 1.807) is 0 Å². The number of hydrogen-bond donors (Lipinski definition) is 2.